The summed E-state index contributed by atoms with van der Waals surface area (Å²) in [5.74, 6) is -4.72. The summed E-state index contributed by atoms with van der Waals surface area (Å²) < 4.78 is 39.3. The number of carbonyl (C=O) groups is 1. The first-order valence-electron chi connectivity index (χ1n) is 6.32. The van der Waals surface area contributed by atoms with E-state index in [0.717, 1.165) is 17.7 Å². The normalized spacial score (nSPS) is 10.4. The number of amides is 1. The molecule has 22 heavy (non-hydrogen) atoms. The highest BCUT2D eigenvalue weighted by atomic mass is 35.5. The van der Waals surface area contributed by atoms with E-state index in [1.165, 1.54) is 0 Å². The number of rotatable bonds is 4. The molecule has 116 valence electrons. The Bertz CT molecular complexity index is 722. The van der Waals surface area contributed by atoms with Gasteiger partial charge in [-0.25, -0.2) is 13.2 Å². The maximum absolute atomic E-state index is 13.4. The van der Waals surface area contributed by atoms with Gasteiger partial charge in [0, 0.05) is 10.7 Å². The first kappa shape index (κ1) is 16.2. The summed E-state index contributed by atoms with van der Waals surface area (Å²) in [7, 11) is 0. The van der Waals surface area contributed by atoms with Gasteiger partial charge in [0.2, 0.25) is 5.91 Å². The van der Waals surface area contributed by atoms with E-state index in [0.29, 0.717) is 10.7 Å². The predicted octanol–water partition coefficient (Wildman–Crippen LogP) is 4.12. The SMILES string of the molecule is Cc1ccc(Cl)cc1NC(=O)CNc1ccc(F)c(F)c1F. The fourth-order valence-corrected chi connectivity index (χ4v) is 1.93. The molecule has 0 spiro atoms. The summed E-state index contributed by atoms with van der Waals surface area (Å²) in [5, 5.41) is 5.46. The van der Waals surface area contributed by atoms with E-state index in [9.17, 15) is 18.0 Å². The van der Waals surface area contributed by atoms with Gasteiger partial charge in [0.05, 0.1) is 12.2 Å². The third-order valence-corrected chi connectivity index (χ3v) is 3.18. The van der Waals surface area contributed by atoms with Gasteiger partial charge in [-0.1, -0.05) is 17.7 Å². The lowest BCUT2D eigenvalue weighted by Crippen LogP contribution is -2.22. The third-order valence-electron chi connectivity index (χ3n) is 2.95. The van der Waals surface area contributed by atoms with Gasteiger partial charge in [-0.2, -0.15) is 0 Å². The van der Waals surface area contributed by atoms with Crippen LogP contribution in [0.5, 0.6) is 0 Å². The molecule has 0 radical (unpaired) electrons. The molecule has 0 fully saturated rings. The Morgan fingerprint density at radius 1 is 1.09 bits per heavy atom. The van der Waals surface area contributed by atoms with Crippen LogP contribution in [-0.2, 0) is 4.79 Å². The van der Waals surface area contributed by atoms with Crippen LogP contribution in [0.2, 0.25) is 5.02 Å². The smallest absolute Gasteiger partial charge is 0.243 e. The van der Waals surface area contributed by atoms with Crippen molar-refractivity contribution >= 4 is 28.9 Å². The van der Waals surface area contributed by atoms with Gasteiger partial charge in [0.15, 0.2) is 17.5 Å². The molecule has 7 heteroatoms. The summed E-state index contributed by atoms with van der Waals surface area (Å²) in [6, 6.07) is 6.79. The summed E-state index contributed by atoms with van der Waals surface area (Å²) in [6.07, 6.45) is 0. The zero-order valence-corrected chi connectivity index (χ0v) is 12.3. The van der Waals surface area contributed by atoms with Crippen molar-refractivity contribution in [3.05, 3.63) is 58.4 Å². The quantitative estimate of drug-likeness (QED) is 0.829. The molecule has 2 N–H and O–H groups in total. The molecule has 2 aromatic carbocycles. The van der Waals surface area contributed by atoms with Gasteiger partial charge in [-0.05, 0) is 36.8 Å². The molecule has 0 aliphatic carbocycles. The van der Waals surface area contributed by atoms with Crippen molar-refractivity contribution in [1.82, 2.24) is 0 Å². The number of hydrogen-bond acceptors (Lipinski definition) is 2. The van der Waals surface area contributed by atoms with Crippen LogP contribution in [0, 0.1) is 24.4 Å². The Labute approximate surface area is 130 Å². The van der Waals surface area contributed by atoms with Crippen LogP contribution in [0.25, 0.3) is 0 Å². The highest BCUT2D eigenvalue weighted by molar-refractivity contribution is 6.31. The van der Waals surface area contributed by atoms with Crippen LogP contribution in [0.1, 0.15) is 5.56 Å². The molecule has 2 rings (SSSR count). The third kappa shape index (κ3) is 3.71. The molecule has 0 aliphatic heterocycles. The molecule has 0 unspecified atom stereocenters. The minimum absolute atomic E-state index is 0.295. The van der Waals surface area contributed by atoms with Gasteiger partial charge in [0.1, 0.15) is 0 Å². The van der Waals surface area contributed by atoms with Gasteiger partial charge in [-0.15, -0.1) is 0 Å². The second-order valence-electron chi connectivity index (χ2n) is 4.58. The van der Waals surface area contributed by atoms with Crippen molar-refractivity contribution in [3.8, 4) is 0 Å². The van der Waals surface area contributed by atoms with Gasteiger partial charge < -0.3 is 10.6 Å². The summed E-state index contributed by atoms with van der Waals surface area (Å²) in [4.78, 5) is 11.8. The number of benzene rings is 2. The topological polar surface area (TPSA) is 41.1 Å². The Hall–Kier alpha value is -2.21. The van der Waals surface area contributed by atoms with Crippen LogP contribution >= 0.6 is 11.6 Å². The van der Waals surface area contributed by atoms with E-state index in [2.05, 4.69) is 10.6 Å². The number of hydrogen-bond donors (Lipinski definition) is 2. The Balaban J connectivity index is 2.02. The average molecular weight is 329 g/mol. The zero-order chi connectivity index (χ0) is 16.3. The van der Waals surface area contributed by atoms with E-state index < -0.39 is 23.4 Å². The van der Waals surface area contributed by atoms with Crippen LogP contribution in [0.4, 0.5) is 24.5 Å². The number of halogens is 4. The van der Waals surface area contributed by atoms with Crippen LogP contribution < -0.4 is 10.6 Å². The van der Waals surface area contributed by atoms with Crippen molar-refractivity contribution in [2.24, 2.45) is 0 Å². The molecule has 0 saturated heterocycles. The number of nitrogens with one attached hydrogen (secondary N) is 2. The Morgan fingerprint density at radius 2 is 1.82 bits per heavy atom. The standard InChI is InChI=1S/C15H12ClF3N2O/c1-8-2-3-9(16)6-12(8)21-13(22)7-20-11-5-4-10(17)14(18)15(11)19/h2-6,20H,7H2,1H3,(H,21,22). The minimum atomic E-state index is -1.59. The van der Waals surface area contributed by atoms with Crippen molar-refractivity contribution in [1.29, 1.82) is 0 Å². The fourth-order valence-electron chi connectivity index (χ4n) is 1.76. The molecular formula is C15H12ClF3N2O. The lowest BCUT2D eigenvalue weighted by Gasteiger charge is -2.11. The summed E-state index contributed by atoms with van der Waals surface area (Å²) in [5.41, 5.74) is 1.03. The maximum Gasteiger partial charge on any atom is 0.243 e. The summed E-state index contributed by atoms with van der Waals surface area (Å²) in [6.45, 7) is 1.47. The number of aryl methyl sites for hydroxylation is 1. The molecule has 0 heterocycles. The van der Waals surface area contributed by atoms with E-state index in [1.54, 1.807) is 25.1 Å². The first-order valence-corrected chi connectivity index (χ1v) is 6.69. The van der Waals surface area contributed by atoms with Crippen molar-refractivity contribution in [3.63, 3.8) is 0 Å². The lowest BCUT2D eigenvalue weighted by atomic mass is 10.2. The number of anilines is 2. The molecule has 0 saturated carbocycles. The van der Waals surface area contributed by atoms with Crippen molar-refractivity contribution < 1.29 is 18.0 Å². The highest BCUT2D eigenvalue weighted by Gasteiger charge is 2.14. The Morgan fingerprint density at radius 3 is 2.55 bits per heavy atom. The van der Waals surface area contributed by atoms with Gasteiger partial charge in [-0.3, -0.25) is 4.79 Å². The molecule has 1 amide bonds. The predicted molar refractivity (Wildman–Crippen MR) is 79.6 cm³/mol. The second-order valence-corrected chi connectivity index (χ2v) is 5.02. The fraction of sp³-hybridized carbons (Fsp3) is 0.133. The highest BCUT2D eigenvalue weighted by Crippen LogP contribution is 2.21. The molecule has 0 bridgehead atoms. The average Bonchev–Trinajstić information content (AvgIpc) is 2.48. The van der Waals surface area contributed by atoms with E-state index in [-0.39, 0.29) is 12.2 Å². The maximum atomic E-state index is 13.4. The van der Waals surface area contributed by atoms with Crippen molar-refractivity contribution in [2.45, 2.75) is 6.92 Å². The molecule has 0 atom stereocenters. The Kier molecular flexibility index (Phi) is 4.92. The molecule has 0 aromatic heterocycles. The number of carbonyl (C=O) groups excluding carboxylic acids is 1. The van der Waals surface area contributed by atoms with Gasteiger partial charge in [0.25, 0.3) is 0 Å². The van der Waals surface area contributed by atoms with Crippen LogP contribution in [0.15, 0.2) is 30.3 Å². The van der Waals surface area contributed by atoms with Gasteiger partial charge >= 0.3 is 0 Å². The zero-order valence-electron chi connectivity index (χ0n) is 11.5. The van der Waals surface area contributed by atoms with Crippen LogP contribution in [0.3, 0.4) is 0 Å². The van der Waals surface area contributed by atoms with E-state index >= 15 is 0 Å². The molecule has 2 aromatic rings. The van der Waals surface area contributed by atoms with E-state index in [4.69, 9.17) is 11.6 Å². The molecular weight excluding hydrogens is 317 g/mol. The minimum Gasteiger partial charge on any atom is -0.374 e. The largest absolute Gasteiger partial charge is 0.374 e. The van der Waals surface area contributed by atoms with Crippen LogP contribution in [-0.4, -0.2) is 12.5 Å². The van der Waals surface area contributed by atoms with Crippen molar-refractivity contribution in [2.75, 3.05) is 17.2 Å². The second kappa shape index (κ2) is 6.70. The molecule has 0 aliphatic rings. The van der Waals surface area contributed by atoms with E-state index in [1.807, 2.05) is 0 Å². The summed E-state index contributed by atoms with van der Waals surface area (Å²) >= 11 is 5.83. The lowest BCUT2D eigenvalue weighted by molar-refractivity contribution is -0.114. The molecule has 3 nitrogen and oxygen atoms in total. The first-order chi connectivity index (χ1) is 10.4. The monoisotopic (exact) mass is 328 g/mol.